The highest BCUT2D eigenvalue weighted by Crippen LogP contribution is 2.43. The average molecular weight is 429 g/mol. The summed E-state index contributed by atoms with van der Waals surface area (Å²) in [5.74, 6) is 2.63. The molecule has 0 saturated carbocycles. The Bertz CT molecular complexity index is 1230. The van der Waals surface area contributed by atoms with Crippen LogP contribution in [0, 0.1) is 0 Å². The number of hydrogen-bond acceptors (Lipinski definition) is 4. The molecule has 2 heterocycles. The van der Waals surface area contributed by atoms with Gasteiger partial charge in [-0.3, -0.25) is 0 Å². The number of ether oxygens (including phenoxy) is 3. The van der Waals surface area contributed by atoms with E-state index in [1.165, 1.54) is 22.2 Å². The molecular weight excluding hydrogens is 400 g/mol. The molecule has 5 heteroatoms. The highest BCUT2D eigenvalue weighted by Gasteiger charge is 2.32. The topological polar surface area (TPSA) is 55.5 Å². The molecule has 1 aliphatic rings. The number of benzene rings is 3. The van der Waals surface area contributed by atoms with E-state index in [1.807, 2.05) is 25.1 Å². The Hall–Kier alpha value is -3.44. The number of para-hydroxylation sites is 1. The molecule has 164 valence electrons. The van der Waals surface area contributed by atoms with Gasteiger partial charge in [-0.1, -0.05) is 36.4 Å². The van der Waals surface area contributed by atoms with Crippen LogP contribution in [0.4, 0.5) is 0 Å². The second-order valence-corrected chi connectivity index (χ2v) is 8.01. The normalized spacial score (nSPS) is 17.7. The van der Waals surface area contributed by atoms with E-state index in [9.17, 15) is 0 Å². The number of methoxy groups -OCH3 is 2. The van der Waals surface area contributed by atoms with Crippen LogP contribution < -0.4 is 19.5 Å². The molecule has 2 unspecified atom stereocenters. The van der Waals surface area contributed by atoms with Crippen LogP contribution >= 0.6 is 0 Å². The molecule has 32 heavy (non-hydrogen) atoms. The zero-order valence-corrected chi connectivity index (χ0v) is 18.6. The Morgan fingerprint density at radius 2 is 1.66 bits per heavy atom. The minimum atomic E-state index is 0.0389. The van der Waals surface area contributed by atoms with E-state index >= 15 is 0 Å². The van der Waals surface area contributed by atoms with Crippen LogP contribution in [-0.2, 0) is 0 Å². The van der Waals surface area contributed by atoms with Gasteiger partial charge in [0.25, 0.3) is 0 Å². The molecule has 1 aromatic heterocycles. The van der Waals surface area contributed by atoms with E-state index in [4.69, 9.17) is 14.2 Å². The quantitative estimate of drug-likeness (QED) is 0.431. The third kappa shape index (κ3) is 3.49. The van der Waals surface area contributed by atoms with Crippen molar-refractivity contribution in [1.29, 1.82) is 0 Å². The molecule has 0 amide bonds. The molecule has 5 rings (SSSR count). The lowest BCUT2D eigenvalue weighted by molar-refractivity contribution is 0.310. The van der Waals surface area contributed by atoms with Gasteiger partial charge in [-0.2, -0.15) is 0 Å². The second kappa shape index (κ2) is 8.60. The van der Waals surface area contributed by atoms with Gasteiger partial charge in [-0.15, -0.1) is 0 Å². The van der Waals surface area contributed by atoms with Crippen LogP contribution in [0.1, 0.15) is 41.3 Å². The molecule has 2 N–H and O–H groups in total. The van der Waals surface area contributed by atoms with Gasteiger partial charge in [0.2, 0.25) is 0 Å². The van der Waals surface area contributed by atoms with E-state index < -0.39 is 0 Å². The van der Waals surface area contributed by atoms with Crippen molar-refractivity contribution in [2.45, 2.75) is 18.9 Å². The molecular formula is C27H28N2O3. The molecule has 0 bridgehead atoms. The van der Waals surface area contributed by atoms with Crippen molar-refractivity contribution >= 4 is 10.9 Å². The van der Waals surface area contributed by atoms with Crippen molar-refractivity contribution in [2.75, 3.05) is 27.4 Å². The number of fused-ring (bicyclic) bond motifs is 3. The smallest absolute Gasteiger partial charge is 0.161 e. The van der Waals surface area contributed by atoms with Crippen molar-refractivity contribution in [3.63, 3.8) is 0 Å². The summed E-state index contributed by atoms with van der Waals surface area (Å²) in [5, 5.41) is 5.05. The van der Waals surface area contributed by atoms with Crippen molar-refractivity contribution in [3.05, 3.63) is 89.1 Å². The predicted octanol–water partition coefficient (Wildman–Crippen LogP) is 5.41. The van der Waals surface area contributed by atoms with Gasteiger partial charge >= 0.3 is 0 Å². The number of rotatable bonds is 6. The Kier molecular flexibility index (Phi) is 5.50. The molecule has 4 aromatic rings. The van der Waals surface area contributed by atoms with E-state index in [2.05, 4.69) is 58.8 Å². The van der Waals surface area contributed by atoms with Crippen molar-refractivity contribution in [1.82, 2.24) is 10.3 Å². The Balaban J connectivity index is 1.62. The maximum atomic E-state index is 5.84. The lowest BCUT2D eigenvalue weighted by atomic mass is 9.83. The first kappa shape index (κ1) is 20.5. The van der Waals surface area contributed by atoms with E-state index in [0.29, 0.717) is 6.61 Å². The summed E-state index contributed by atoms with van der Waals surface area (Å²) in [5.41, 5.74) is 6.13. The average Bonchev–Trinajstić information content (AvgIpc) is 3.23. The Labute approximate surface area is 188 Å². The number of hydrogen-bond donors (Lipinski definition) is 2. The van der Waals surface area contributed by atoms with E-state index in [1.54, 1.807) is 14.2 Å². The van der Waals surface area contributed by atoms with Gasteiger partial charge in [-0.05, 0) is 53.9 Å². The maximum Gasteiger partial charge on any atom is 0.161 e. The lowest BCUT2D eigenvalue weighted by Crippen LogP contribution is -2.34. The van der Waals surface area contributed by atoms with Crippen LogP contribution in [0.3, 0.4) is 0 Å². The molecule has 0 radical (unpaired) electrons. The summed E-state index contributed by atoms with van der Waals surface area (Å²) in [6, 6.07) is 23.2. The largest absolute Gasteiger partial charge is 0.497 e. The van der Waals surface area contributed by atoms with Gasteiger partial charge in [-0.25, -0.2) is 0 Å². The minimum absolute atomic E-state index is 0.0389. The van der Waals surface area contributed by atoms with Gasteiger partial charge in [0.1, 0.15) is 5.75 Å². The summed E-state index contributed by atoms with van der Waals surface area (Å²) >= 11 is 0. The first-order valence-electron chi connectivity index (χ1n) is 11.0. The fourth-order valence-corrected chi connectivity index (χ4v) is 4.77. The first-order valence-corrected chi connectivity index (χ1v) is 11.0. The SMILES string of the molecule is CCOc1cc(C2NCC(c3ccc(OC)cc3)c3c2[nH]c2ccccc32)ccc1OC. The summed E-state index contributed by atoms with van der Waals surface area (Å²) < 4.78 is 16.7. The monoisotopic (exact) mass is 428 g/mol. The van der Waals surface area contributed by atoms with Crippen LogP contribution in [0.15, 0.2) is 66.7 Å². The van der Waals surface area contributed by atoms with Crippen LogP contribution in [0.25, 0.3) is 10.9 Å². The first-order chi connectivity index (χ1) is 15.7. The number of H-pyrrole nitrogens is 1. The number of nitrogens with one attached hydrogen (secondary N) is 2. The zero-order chi connectivity index (χ0) is 22.1. The molecule has 2 atom stereocenters. The number of aromatic nitrogens is 1. The molecule has 5 nitrogen and oxygen atoms in total. The Morgan fingerprint density at radius 1 is 0.875 bits per heavy atom. The fourth-order valence-electron chi connectivity index (χ4n) is 4.77. The molecule has 0 aliphatic carbocycles. The summed E-state index contributed by atoms with van der Waals surface area (Å²) in [6.07, 6.45) is 0. The maximum absolute atomic E-state index is 5.84. The minimum Gasteiger partial charge on any atom is -0.497 e. The summed E-state index contributed by atoms with van der Waals surface area (Å²) in [7, 11) is 3.37. The van der Waals surface area contributed by atoms with E-state index in [0.717, 1.165) is 34.9 Å². The van der Waals surface area contributed by atoms with E-state index in [-0.39, 0.29) is 12.0 Å². The van der Waals surface area contributed by atoms with Crippen LogP contribution in [0.2, 0.25) is 0 Å². The summed E-state index contributed by atoms with van der Waals surface area (Å²) in [6.45, 7) is 3.41. The van der Waals surface area contributed by atoms with Gasteiger partial charge in [0.05, 0.1) is 26.9 Å². The highest BCUT2D eigenvalue weighted by molar-refractivity contribution is 5.86. The molecule has 1 aliphatic heterocycles. The van der Waals surface area contributed by atoms with Crippen LogP contribution in [0.5, 0.6) is 17.2 Å². The third-order valence-electron chi connectivity index (χ3n) is 6.28. The standard InChI is InChI=1S/C27H28N2O3/c1-4-32-24-15-18(11-14-23(24)31-3)26-27-25(20-7-5-6-8-22(20)29-27)21(16-28-26)17-9-12-19(30-2)13-10-17/h5-15,21,26,28-29H,4,16H2,1-3H3. The van der Waals surface area contributed by atoms with Crippen molar-refractivity contribution < 1.29 is 14.2 Å². The molecule has 0 spiro atoms. The van der Waals surface area contributed by atoms with Crippen molar-refractivity contribution in [2.24, 2.45) is 0 Å². The molecule has 0 fully saturated rings. The Morgan fingerprint density at radius 3 is 2.41 bits per heavy atom. The molecule has 3 aromatic carbocycles. The second-order valence-electron chi connectivity index (χ2n) is 8.01. The fraction of sp³-hybridized carbons (Fsp3) is 0.259. The van der Waals surface area contributed by atoms with Gasteiger partial charge in [0, 0.05) is 29.1 Å². The summed E-state index contributed by atoms with van der Waals surface area (Å²) in [4.78, 5) is 3.71. The van der Waals surface area contributed by atoms with Gasteiger partial charge < -0.3 is 24.5 Å². The third-order valence-corrected chi connectivity index (χ3v) is 6.28. The van der Waals surface area contributed by atoms with Crippen LogP contribution in [-0.4, -0.2) is 32.4 Å². The van der Waals surface area contributed by atoms with Crippen molar-refractivity contribution in [3.8, 4) is 17.2 Å². The van der Waals surface area contributed by atoms with Gasteiger partial charge in [0.15, 0.2) is 11.5 Å². The highest BCUT2D eigenvalue weighted by atomic mass is 16.5. The predicted molar refractivity (Wildman–Crippen MR) is 127 cm³/mol. The zero-order valence-electron chi connectivity index (χ0n) is 18.6. The molecule has 0 saturated heterocycles. The number of aromatic amines is 1. The lowest BCUT2D eigenvalue weighted by Gasteiger charge is -2.31.